The van der Waals surface area contributed by atoms with Crippen molar-refractivity contribution in [1.82, 2.24) is 0 Å². The Morgan fingerprint density at radius 2 is 1.73 bits per heavy atom. The van der Waals surface area contributed by atoms with Crippen molar-refractivity contribution in [3.8, 4) is 0 Å². The lowest BCUT2D eigenvalue weighted by Gasteiger charge is -2.29. The summed E-state index contributed by atoms with van der Waals surface area (Å²) < 4.78 is 0. The standard InChI is InChI=1S/C5H12N4O2/c1-3-4(2,8-10)5(6,7)9-11/h3,6-7H2,1-2H3. The van der Waals surface area contributed by atoms with Crippen LogP contribution in [0.25, 0.3) is 0 Å². The van der Waals surface area contributed by atoms with Crippen LogP contribution in [0.2, 0.25) is 0 Å². The minimum absolute atomic E-state index is 0.273. The first-order chi connectivity index (χ1) is 4.93. The summed E-state index contributed by atoms with van der Waals surface area (Å²) in [5.74, 6) is -1.91. The van der Waals surface area contributed by atoms with E-state index in [4.69, 9.17) is 11.5 Å². The van der Waals surface area contributed by atoms with Crippen LogP contribution in [0.3, 0.4) is 0 Å². The molecular formula is C5H12N4O2. The van der Waals surface area contributed by atoms with Crippen LogP contribution in [0.5, 0.6) is 0 Å². The first kappa shape index (κ1) is 10.1. The van der Waals surface area contributed by atoms with Gasteiger partial charge in [0.15, 0.2) is 5.54 Å². The fraction of sp³-hybridized carbons (Fsp3) is 1.00. The van der Waals surface area contributed by atoms with Crippen LogP contribution in [0.4, 0.5) is 0 Å². The van der Waals surface area contributed by atoms with E-state index in [2.05, 4.69) is 10.4 Å². The minimum Gasteiger partial charge on any atom is -0.290 e. The Balaban J connectivity index is 4.74. The van der Waals surface area contributed by atoms with E-state index in [1.54, 1.807) is 6.92 Å². The highest BCUT2D eigenvalue weighted by atomic mass is 16.3. The molecule has 1 atom stereocenters. The number of nitrogens with two attached hydrogens (primary N) is 2. The van der Waals surface area contributed by atoms with Gasteiger partial charge in [-0.05, 0) is 18.5 Å². The normalized spacial score (nSPS) is 17.1. The molecule has 0 heterocycles. The van der Waals surface area contributed by atoms with Gasteiger partial charge in [0.2, 0.25) is 5.79 Å². The van der Waals surface area contributed by atoms with E-state index < -0.39 is 11.3 Å². The molecule has 64 valence electrons. The lowest BCUT2D eigenvalue weighted by molar-refractivity contribution is 0.246. The highest BCUT2D eigenvalue weighted by Gasteiger charge is 2.44. The first-order valence-corrected chi connectivity index (χ1v) is 3.20. The van der Waals surface area contributed by atoms with E-state index in [9.17, 15) is 9.81 Å². The van der Waals surface area contributed by atoms with E-state index >= 15 is 0 Å². The molecule has 11 heavy (non-hydrogen) atoms. The second-order valence-electron chi connectivity index (χ2n) is 2.64. The molecule has 6 nitrogen and oxygen atoms in total. The zero-order valence-electron chi connectivity index (χ0n) is 6.57. The average Bonchev–Trinajstić information content (AvgIpc) is 2.02. The third kappa shape index (κ3) is 1.58. The molecule has 6 heteroatoms. The second-order valence-corrected chi connectivity index (χ2v) is 2.64. The molecule has 4 N–H and O–H groups in total. The molecule has 0 radical (unpaired) electrons. The molecule has 0 aliphatic rings. The van der Waals surface area contributed by atoms with Crippen molar-refractivity contribution in [3.05, 3.63) is 9.81 Å². The van der Waals surface area contributed by atoms with Crippen molar-refractivity contribution in [2.45, 2.75) is 31.6 Å². The van der Waals surface area contributed by atoms with Crippen molar-refractivity contribution in [1.29, 1.82) is 0 Å². The molecule has 0 aromatic heterocycles. The molecule has 0 amide bonds. The summed E-state index contributed by atoms with van der Waals surface area (Å²) in [6, 6.07) is 0. The van der Waals surface area contributed by atoms with Crippen LogP contribution in [0.15, 0.2) is 10.4 Å². The maximum atomic E-state index is 10.3. The predicted molar refractivity (Wildman–Crippen MR) is 41.4 cm³/mol. The number of rotatable bonds is 4. The molecule has 0 aliphatic heterocycles. The molecule has 0 aliphatic carbocycles. The van der Waals surface area contributed by atoms with Crippen LogP contribution in [-0.4, -0.2) is 11.3 Å². The van der Waals surface area contributed by atoms with Gasteiger partial charge in [-0.1, -0.05) is 12.1 Å². The number of hydrogen-bond donors (Lipinski definition) is 2. The summed E-state index contributed by atoms with van der Waals surface area (Å²) in [5, 5.41) is 5.13. The fourth-order valence-corrected chi connectivity index (χ4v) is 0.519. The SMILES string of the molecule is CCC(C)(N=O)C(N)(N)N=O. The van der Waals surface area contributed by atoms with E-state index in [0.717, 1.165) is 0 Å². The third-order valence-electron chi connectivity index (χ3n) is 1.90. The summed E-state index contributed by atoms with van der Waals surface area (Å²) in [4.78, 5) is 20.3. The topological polar surface area (TPSA) is 111 Å². The molecular weight excluding hydrogens is 148 g/mol. The van der Waals surface area contributed by atoms with Crippen LogP contribution in [-0.2, 0) is 0 Å². The smallest absolute Gasteiger partial charge is 0.229 e. The van der Waals surface area contributed by atoms with Gasteiger partial charge >= 0.3 is 0 Å². The van der Waals surface area contributed by atoms with Crippen LogP contribution >= 0.6 is 0 Å². The lowest BCUT2D eigenvalue weighted by Crippen LogP contribution is -2.62. The van der Waals surface area contributed by atoms with Gasteiger partial charge in [0.1, 0.15) is 0 Å². The van der Waals surface area contributed by atoms with Gasteiger partial charge in [-0.2, -0.15) is 4.91 Å². The summed E-state index contributed by atoms with van der Waals surface area (Å²) in [6.45, 7) is 3.04. The summed E-state index contributed by atoms with van der Waals surface area (Å²) in [6.07, 6.45) is 0.273. The van der Waals surface area contributed by atoms with Crippen molar-refractivity contribution in [3.63, 3.8) is 0 Å². The first-order valence-electron chi connectivity index (χ1n) is 3.20. The highest BCUT2D eigenvalue weighted by Crippen LogP contribution is 2.24. The zero-order chi connectivity index (χ0) is 9.12. The Labute approximate surface area is 64.3 Å². The van der Waals surface area contributed by atoms with Gasteiger partial charge in [0.25, 0.3) is 0 Å². The Morgan fingerprint density at radius 1 is 1.27 bits per heavy atom. The minimum atomic E-state index is -1.91. The second kappa shape index (κ2) is 3.02. The van der Waals surface area contributed by atoms with Crippen LogP contribution < -0.4 is 11.5 Å². The molecule has 0 rings (SSSR count). The molecule has 0 aromatic carbocycles. The molecule has 0 aromatic rings. The molecule has 0 spiro atoms. The van der Waals surface area contributed by atoms with Gasteiger partial charge in [0.05, 0.1) is 0 Å². The van der Waals surface area contributed by atoms with Gasteiger partial charge in [-0.25, -0.2) is 0 Å². The molecule has 1 unspecified atom stereocenters. The molecule has 0 saturated carbocycles. The number of hydrogen-bond acceptors (Lipinski definition) is 6. The fourth-order valence-electron chi connectivity index (χ4n) is 0.519. The summed E-state index contributed by atoms with van der Waals surface area (Å²) in [5.41, 5.74) is 9.12. The average molecular weight is 160 g/mol. The Hall–Kier alpha value is -0.880. The maximum absolute atomic E-state index is 10.3. The van der Waals surface area contributed by atoms with E-state index in [1.807, 2.05) is 0 Å². The largest absolute Gasteiger partial charge is 0.290 e. The van der Waals surface area contributed by atoms with E-state index in [-0.39, 0.29) is 6.42 Å². The van der Waals surface area contributed by atoms with Gasteiger partial charge < -0.3 is 0 Å². The highest BCUT2D eigenvalue weighted by molar-refractivity contribution is 4.99. The Bertz CT molecular complexity index is 170. The molecule has 0 fully saturated rings. The quantitative estimate of drug-likeness (QED) is 0.453. The molecule has 0 bridgehead atoms. The van der Waals surface area contributed by atoms with E-state index in [0.29, 0.717) is 0 Å². The Morgan fingerprint density at radius 3 is 1.82 bits per heavy atom. The zero-order valence-corrected chi connectivity index (χ0v) is 6.57. The monoisotopic (exact) mass is 160 g/mol. The van der Waals surface area contributed by atoms with E-state index in [1.165, 1.54) is 6.92 Å². The van der Waals surface area contributed by atoms with Gasteiger partial charge in [-0.3, -0.25) is 11.5 Å². The van der Waals surface area contributed by atoms with Gasteiger partial charge in [0, 0.05) is 0 Å². The van der Waals surface area contributed by atoms with Crippen molar-refractivity contribution < 1.29 is 0 Å². The number of nitroso groups, excluding NO2 is 2. The van der Waals surface area contributed by atoms with Crippen LogP contribution in [0.1, 0.15) is 20.3 Å². The van der Waals surface area contributed by atoms with Gasteiger partial charge in [-0.15, -0.1) is 4.91 Å². The van der Waals surface area contributed by atoms with Crippen molar-refractivity contribution >= 4 is 0 Å². The summed E-state index contributed by atoms with van der Waals surface area (Å²) in [7, 11) is 0. The van der Waals surface area contributed by atoms with Crippen molar-refractivity contribution in [2.24, 2.45) is 21.8 Å². The van der Waals surface area contributed by atoms with Crippen LogP contribution in [0, 0.1) is 9.81 Å². The lowest BCUT2D eigenvalue weighted by atomic mass is 9.92. The predicted octanol–water partition coefficient (Wildman–Crippen LogP) is 0.259. The third-order valence-corrected chi connectivity index (χ3v) is 1.90. The van der Waals surface area contributed by atoms with Crippen molar-refractivity contribution in [2.75, 3.05) is 0 Å². The summed E-state index contributed by atoms with van der Waals surface area (Å²) >= 11 is 0. The maximum Gasteiger partial charge on any atom is 0.229 e. The molecule has 0 saturated heterocycles. The number of nitrogens with zero attached hydrogens (tertiary/aromatic N) is 2. The Kier molecular flexibility index (Phi) is 2.77.